The second-order valence-corrected chi connectivity index (χ2v) is 7.19. The summed E-state index contributed by atoms with van der Waals surface area (Å²) in [5.74, 6) is 0.869. The molecule has 0 spiro atoms. The van der Waals surface area contributed by atoms with Crippen molar-refractivity contribution in [2.45, 2.75) is 64.1 Å². The van der Waals surface area contributed by atoms with Gasteiger partial charge in [-0.15, -0.1) is 0 Å². The van der Waals surface area contributed by atoms with Crippen molar-refractivity contribution in [1.29, 1.82) is 0 Å². The van der Waals surface area contributed by atoms with E-state index in [0.29, 0.717) is 5.54 Å². The summed E-state index contributed by atoms with van der Waals surface area (Å²) in [6.07, 6.45) is 9.08. The lowest BCUT2D eigenvalue weighted by Crippen LogP contribution is -2.69. The van der Waals surface area contributed by atoms with E-state index in [9.17, 15) is 0 Å². The van der Waals surface area contributed by atoms with E-state index in [4.69, 9.17) is 0 Å². The minimum Gasteiger partial charge on any atom is -0.308 e. The Balaban J connectivity index is 1.83. The number of pyridine rings is 1. The van der Waals surface area contributed by atoms with Crippen LogP contribution in [-0.2, 0) is 6.54 Å². The minimum absolute atomic E-state index is 0.288. The van der Waals surface area contributed by atoms with Gasteiger partial charge in [-0.25, -0.2) is 0 Å². The smallest absolute Gasteiger partial charge is 0.0338 e. The quantitative estimate of drug-likeness (QED) is 0.901. The van der Waals surface area contributed by atoms with Gasteiger partial charge >= 0.3 is 0 Å². The molecule has 0 radical (unpaired) electrons. The summed E-state index contributed by atoms with van der Waals surface area (Å²) in [5, 5.41) is 3.90. The summed E-state index contributed by atoms with van der Waals surface area (Å²) < 4.78 is 0. The lowest BCUT2D eigenvalue weighted by atomic mass is 9.81. The predicted octanol–water partition coefficient (Wildman–Crippen LogP) is 3.21. The first-order valence-corrected chi connectivity index (χ1v) is 8.51. The van der Waals surface area contributed by atoms with E-state index in [1.165, 1.54) is 31.2 Å². The summed E-state index contributed by atoms with van der Waals surface area (Å²) in [5.41, 5.74) is 1.94. The van der Waals surface area contributed by atoms with E-state index in [1.54, 1.807) is 0 Å². The molecule has 0 bridgehead atoms. The number of piperazine rings is 1. The maximum atomic E-state index is 4.29. The van der Waals surface area contributed by atoms with Gasteiger partial charge < -0.3 is 5.32 Å². The second kappa shape index (κ2) is 5.69. The van der Waals surface area contributed by atoms with Gasteiger partial charge in [-0.05, 0) is 50.2 Å². The van der Waals surface area contributed by atoms with Gasteiger partial charge in [-0.3, -0.25) is 9.88 Å². The number of hydrogen-bond acceptors (Lipinski definition) is 3. The van der Waals surface area contributed by atoms with Crippen LogP contribution in [0.5, 0.6) is 0 Å². The highest BCUT2D eigenvalue weighted by Gasteiger charge is 2.50. The Kier molecular flexibility index (Phi) is 4.06. The number of aromatic nitrogens is 1. The van der Waals surface area contributed by atoms with Crippen molar-refractivity contribution in [3.05, 3.63) is 30.1 Å². The first-order chi connectivity index (χ1) is 10.1. The van der Waals surface area contributed by atoms with Crippen molar-refractivity contribution in [1.82, 2.24) is 15.2 Å². The van der Waals surface area contributed by atoms with Crippen LogP contribution in [0.15, 0.2) is 24.5 Å². The Labute approximate surface area is 129 Å². The third kappa shape index (κ3) is 2.86. The van der Waals surface area contributed by atoms with Crippen LogP contribution in [0.4, 0.5) is 0 Å². The topological polar surface area (TPSA) is 28.2 Å². The van der Waals surface area contributed by atoms with Gasteiger partial charge in [0.25, 0.3) is 0 Å². The molecule has 116 valence electrons. The SMILES string of the molecule is CCC1(CC)CN(Cc2cccnc2)C(C)(C2CC2)CN1. The normalized spacial score (nSPS) is 29.5. The fourth-order valence-electron chi connectivity index (χ4n) is 3.86. The zero-order chi connectivity index (χ0) is 14.9. The van der Waals surface area contributed by atoms with E-state index in [2.05, 4.69) is 48.1 Å². The molecule has 3 heteroatoms. The fourth-order valence-corrected chi connectivity index (χ4v) is 3.86. The van der Waals surface area contributed by atoms with Crippen molar-refractivity contribution in [2.24, 2.45) is 5.92 Å². The highest BCUT2D eigenvalue weighted by atomic mass is 15.3. The second-order valence-electron chi connectivity index (χ2n) is 7.19. The first kappa shape index (κ1) is 15.0. The molecule has 21 heavy (non-hydrogen) atoms. The van der Waals surface area contributed by atoms with Crippen LogP contribution >= 0.6 is 0 Å². The van der Waals surface area contributed by atoms with Crippen LogP contribution in [0.25, 0.3) is 0 Å². The summed E-state index contributed by atoms with van der Waals surface area (Å²) >= 11 is 0. The molecule has 1 N–H and O–H groups in total. The van der Waals surface area contributed by atoms with Gasteiger partial charge in [0.1, 0.15) is 0 Å². The Morgan fingerprint density at radius 2 is 2.10 bits per heavy atom. The van der Waals surface area contributed by atoms with Gasteiger partial charge in [0.05, 0.1) is 0 Å². The van der Waals surface area contributed by atoms with E-state index in [-0.39, 0.29) is 5.54 Å². The Hall–Kier alpha value is -0.930. The molecule has 3 nitrogen and oxygen atoms in total. The highest BCUT2D eigenvalue weighted by Crippen LogP contribution is 2.45. The molecule has 2 aliphatic rings. The van der Waals surface area contributed by atoms with Crippen molar-refractivity contribution < 1.29 is 0 Å². The molecule has 2 heterocycles. The number of nitrogens with zero attached hydrogens (tertiary/aromatic N) is 2. The molecule has 1 saturated carbocycles. The lowest BCUT2D eigenvalue weighted by Gasteiger charge is -2.53. The van der Waals surface area contributed by atoms with Crippen LogP contribution in [-0.4, -0.2) is 34.1 Å². The van der Waals surface area contributed by atoms with Crippen LogP contribution in [0.1, 0.15) is 52.0 Å². The van der Waals surface area contributed by atoms with Crippen molar-refractivity contribution >= 4 is 0 Å². The summed E-state index contributed by atoms with van der Waals surface area (Å²) in [7, 11) is 0. The van der Waals surface area contributed by atoms with Gasteiger partial charge in [0.2, 0.25) is 0 Å². The third-order valence-electron chi connectivity index (χ3n) is 5.94. The average molecular weight is 287 g/mol. The maximum absolute atomic E-state index is 4.29. The molecule has 1 aliphatic carbocycles. The van der Waals surface area contributed by atoms with Crippen molar-refractivity contribution in [3.8, 4) is 0 Å². The van der Waals surface area contributed by atoms with E-state index in [1.807, 2.05) is 12.4 Å². The van der Waals surface area contributed by atoms with Gasteiger partial charge in [-0.1, -0.05) is 19.9 Å². The molecular weight excluding hydrogens is 258 g/mol. The van der Waals surface area contributed by atoms with Gasteiger partial charge in [-0.2, -0.15) is 0 Å². The maximum Gasteiger partial charge on any atom is 0.0338 e. The third-order valence-corrected chi connectivity index (χ3v) is 5.94. The zero-order valence-corrected chi connectivity index (χ0v) is 13.7. The summed E-state index contributed by atoms with van der Waals surface area (Å²) in [4.78, 5) is 7.03. The molecule has 1 aliphatic heterocycles. The number of hydrogen-bond donors (Lipinski definition) is 1. The monoisotopic (exact) mass is 287 g/mol. The molecule has 1 atom stereocenters. The molecule has 3 rings (SSSR count). The molecule has 1 aromatic heterocycles. The molecule has 1 aromatic rings. The lowest BCUT2D eigenvalue weighted by molar-refractivity contribution is -0.00850. The van der Waals surface area contributed by atoms with Crippen LogP contribution in [0.3, 0.4) is 0 Å². The Bertz CT molecular complexity index is 465. The number of rotatable bonds is 5. The van der Waals surface area contributed by atoms with Gasteiger partial charge in [0.15, 0.2) is 0 Å². The minimum atomic E-state index is 0.288. The van der Waals surface area contributed by atoms with E-state index < -0.39 is 0 Å². The zero-order valence-electron chi connectivity index (χ0n) is 13.7. The molecule has 0 amide bonds. The molecule has 1 saturated heterocycles. The molecule has 0 aromatic carbocycles. The van der Waals surface area contributed by atoms with E-state index in [0.717, 1.165) is 25.6 Å². The highest BCUT2D eigenvalue weighted by molar-refractivity contribution is 5.14. The van der Waals surface area contributed by atoms with Crippen molar-refractivity contribution in [3.63, 3.8) is 0 Å². The largest absolute Gasteiger partial charge is 0.308 e. The van der Waals surface area contributed by atoms with E-state index >= 15 is 0 Å². The Morgan fingerprint density at radius 1 is 1.33 bits per heavy atom. The summed E-state index contributed by atoms with van der Waals surface area (Å²) in [6, 6.07) is 4.26. The Morgan fingerprint density at radius 3 is 2.67 bits per heavy atom. The van der Waals surface area contributed by atoms with Crippen LogP contribution < -0.4 is 5.32 Å². The molecule has 1 unspecified atom stereocenters. The van der Waals surface area contributed by atoms with Crippen LogP contribution in [0.2, 0.25) is 0 Å². The average Bonchev–Trinajstić information content (AvgIpc) is 3.36. The molecular formula is C18H29N3. The predicted molar refractivity (Wildman–Crippen MR) is 87.1 cm³/mol. The van der Waals surface area contributed by atoms with Gasteiger partial charge in [0, 0.05) is 43.1 Å². The molecule has 2 fully saturated rings. The summed E-state index contributed by atoms with van der Waals surface area (Å²) in [6.45, 7) is 10.4. The first-order valence-electron chi connectivity index (χ1n) is 8.51. The van der Waals surface area contributed by atoms with Crippen LogP contribution in [0, 0.1) is 5.92 Å². The number of nitrogens with one attached hydrogen (secondary N) is 1. The standard InChI is InChI=1S/C18H29N3/c1-4-18(5-2)14-21(12-15-7-6-10-19-11-15)17(3,13-20-18)16-8-9-16/h6-7,10-11,16,20H,4-5,8-9,12-14H2,1-3H3. The van der Waals surface area contributed by atoms with Crippen molar-refractivity contribution in [2.75, 3.05) is 13.1 Å². The fraction of sp³-hybridized carbons (Fsp3) is 0.722.